The van der Waals surface area contributed by atoms with Crippen LogP contribution >= 0.6 is 0 Å². The number of phenols is 3. The molecule has 0 saturated carbocycles. The Morgan fingerprint density at radius 3 is 2.21 bits per heavy atom. The van der Waals surface area contributed by atoms with Crippen LogP contribution in [0.25, 0.3) is 10.8 Å². The number of aliphatic hydroxyl groups is 2. The standard InChI is InChI=1S/C47H66N2O13/c1-11-12-13-14-15-16-17-22-60-48-24-32-37-42(55)35-34(41(32)54)36-44(30(7)40(35)53)62-47(9,45(36)56)59-23-21-33(58-10)27(4)43(61-31(8)50)29(6)39(52)28(5)38(51)25(2)19-18-20-26(3)46(57)49-37/h18-21,23-25,27-29,33,38-39,43,51-55H,11-17,22H2,1-10H3,(H,49,57)/b19-18-,23-21-,26-20-,48-24-. The van der Waals surface area contributed by atoms with Gasteiger partial charge in [0.05, 0.1) is 53.0 Å². The summed E-state index contributed by atoms with van der Waals surface area (Å²) in [6.07, 6.45) is 12.0. The highest BCUT2D eigenvalue weighted by molar-refractivity contribution is 6.23. The van der Waals surface area contributed by atoms with Gasteiger partial charge in [-0.3, -0.25) is 14.4 Å². The topological polar surface area (TPSA) is 223 Å². The number of allylic oxidation sites excluding steroid dienone is 2. The smallest absolute Gasteiger partial charge is 0.312 e. The summed E-state index contributed by atoms with van der Waals surface area (Å²) in [7, 11) is 1.43. The number of anilines is 1. The second kappa shape index (κ2) is 21.8. The van der Waals surface area contributed by atoms with E-state index in [4.69, 9.17) is 23.8 Å². The number of aromatic hydroxyl groups is 3. The molecule has 0 aliphatic carbocycles. The number of phenolic OH excluding ortho intramolecular Hbond substituents is 3. The number of esters is 1. The lowest BCUT2D eigenvalue weighted by Crippen LogP contribution is -2.46. The Hall–Kier alpha value is -5.12. The quantitative estimate of drug-likeness (QED) is 0.0299. The molecule has 6 N–H and O–H groups in total. The van der Waals surface area contributed by atoms with Gasteiger partial charge >= 0.3 is 11.8 Å². The first-order chi connectivity index (χ1) is 29.3. The molecular weight excluding hydrogens is 801 g/mol. The summed E-state index contributed by atoms with van der Waals surface area (Å²) in [5.74, 6) is -8.54. The fraction of sp³-hybridized carbons (Fsp3) is 0.574. The molecule has 0 radical (unpaired) electrons. The predicted molar refractivity (Wildman–Crippen MR) is 235 cm³/mol. The number of methoxy groups -OCH3 is 1. The zero-order valence-electron chi connectivity index (χ0n) is 37.7. The van der Waals surface area contributed by atoms with E-state index in [-0.39, 0.29) is 51.1 Å². The minimum absolute atomic E-state index is 0.0426. The number of nitrogens with one attached hydrogen (secondary N) is 1. The first-order valence-electron chi connectivity index (χ1n) is 21.6. The Balaban J connectivity index is 1.87. The minimum atomic E-state index is -2.06. The number of hydrogen-bond donors (Lipinski definition) is 6. The zero-order chi connectivity index (χ0) is 46.1. The van der Waals surface area contributed by atoms with E-state index in [2.05, 4.69) is 17.4 Å². The van der Waals surface area contributed by atoms with Gasteiger partial charge in [0, 0.05) is 61.2 Å². The Morgan fingerprint density at radius 1 is 0.903 bits per heavy atom. The number of oxime groups is 1. The van der Waals surface area contributed by atoms with E-state index >= 15 is 0 Å². The number of ketones is 1. The van der Waals surface area contributed by atoms with Crippen molar-refractivity contribution in [2.75, 3.05) is 19.0 Å². The number of unbranched alkanes of at least 4 members (excludes halogenated alkanes) is 6. The third kappa shape index (κ3) is 10.9. The number of ether oxygens (including phenoxy) is 4. The molecule has 62 heavy (non-hydrogen) atoms. The van der Waals surface area contributed by atoms with E-state index in [1.807, 2.05) is 0 Å². The Kier molecular flexibility index (Phi) is 17.4. The predicted octanol–water partition coefficient (Wildman–Crippen LogP) is 7.86. The van der Waals surface area contributed by atoms with E-state index in [0.717, 1.165) is 38.3 Å². The number of rotatable bonds is 12. The third-order valence-corrected chi connectivity index (χ3v) is 12.1. The van der Waals surface area contributed by atoms with Crippen LogP contribution < -0.4 is 10.1 Å². The van der Waals surface area contributed by atoms with Crippen LogP contribution in [-0.4, -0.2) is 93.3 Å². The summed E-state index contributed by atoms with van der Waals surface area (Å²) >= 11 is 0. The fourth-order valence-corrected chi connectivity index (χ4v) is 8.14. The SMILES string of the molecule is CCCCCCCCCO/N=C\c1c2c(O)c3c(O)c(C)c4c(c3c1O)C(=O)C(C)(O/C=C\C(OC)C(C)C(OC(C)=O)C(C)C(O)C(C)C(O)C(C)/C=C\C=C(\C)C(=O)N2)O4. The molecule has 3 heterocycles. The van der Waals surface area contributed by atoms with Crippen LogP contribution in [0.3, 0.4) is 0 Å². The van der Waals surface area contributed by atoms with Crippen LogP contribution in [0.1, 0.15) is 122 Å². The molecule has 15 nitrogen and oxygen atoms in total. The normalized spacial score (nSPS) is 29.2. The maximum Gasteiger partial charge on any atom is 0.312 e. The number of amides is 1. The number of fused-ring (bicyclic) bond motifs is 14. The van der Waals surface area contributed by atoms with Crippen molar-refractivity contribution >= 4 is 40.3 Å². The lowest BCUT2D eigenvalue weighted by atomic mass is 9.78. The number of carbonyl (C=O) groups excluding carboxylic acids is 3. The molecule has 342 valence electrons. The van der Waals surface area contributed by atoms with Crippen LogP contribution in [-0.2, 0) is 28.6 Å². The molecular formula is C47H66N2O13. The minimum Gasteiger partial charge on any atom is -0.507 e. The highest BCUT2D eigenvalue weighted by Gasteiger charge is 2.50. The highest BCUT2D eigenvalue weighted by atomic mass is 16.7. The first-order valence-corrected chi connectivity index (χ1v) is 21.6. The summed E-state index contributed by atoms with van der Waals surface area (Å²) in [4.78, 5) is 46.0. The molecule has 0 aromatic heterocycles. The van der Waals surface area contributed by atoms with Gasteiger partial charge in [-0.2, -0.15) is 0 Å². The largest absolute Gasteiger partial charge is 0.507 e. The van der Waals surface area contributed by atoms with Crippen LogP contribution in [0.15, 0.2) is 41.3 Å². The maximum atomic E-state index is 14.4. The summed E-state index contributed by atoms with van der Waals surface area (Å²) in [6, 6.07) is 0. The van der Waals surface area contributed by atoms with Gasteiger partial charge < -0.3 is 54.6 Å². The molecule has 9 atom stereocenters. The van der Waals surface area contributed by atoms with E-state index < -0.39 is 88.8 Å². The van der Waals surface area contributed by atoms with E-state index in [9.17, 15) is 39.9 Å². The molecule has 1 amide bonds. The number of Topliss-reactive ketones (excluding diaryl/α,β-unsaturated/α-hetero) is 1. The second-order valence-corrected chi connectivity index (χ2v) is 16.8. The second-order valence-electron chi connectivity index (χ2n) is 16.8. The van der Waals surface area contributed by atoms with Gasteiger partial charge in [-0.25, -0.2) is 0 Å². The average Bonchev–Trinajstić information content (AvgIpc) is 3.50. The average molecular weight is 867 g/mol. The van der Waals surface area contributed by atoms with Crippen molar-refractivity contribution < 1.29 is 63.7 Å². The maximum absolute atomic E-state index is 14.4. The number of nitrogens with zero attached hydrogens (tertiary/aromatic N) is 1. The van der Waals surface area contributed by atoms with Crippen LogP contribution in [0.4, 0.5) is 5.69 Å². The van der Waals surface area contributed by atoms with Gasteiger partial charge in [0.15, 0.2) is 5.75 Å². The van der Waals surface area contributed by atoms with E-state index in [1.54, 1.807) is 39.8 Å². The molecule has 5 rings (SSSR count). The molecule has 3 aliphatic heterocycles. The van der Waals surface area contributed by atoms with Crippen molar-refractivity contribution in [2.24, 2.45) is 28.8 Å². The van der Waals surface area contributed by atoms with E-state index in [0.29, 0.717) is 0 Å². The van der Waals surface area contributed by atoms with Crippen molar-refractivity contribution in [1.82, 2.24) is 0 Å². The molecule has 9 unspecified atom stereocenters. The van der Waals surface area contributed by atoms with Gasteiger partial charge in [-0.15, -0.1) is 0 Å². The first kappa shape index (κ1) is 49.5. The number of hydrogen-bond acceptors (Lipinski definition) is 14. The Bertz CT molecular complexity index is 2060. The van der Waals surface area contributed by atoms with Gasteiger partial charge in [0.25, 0.3) is 11.7 Å². The molecule has 0 spiro atoms. The summed E-state index contributed by atoms with van der Waals surface area (Å²) < 4.78 is 23.6. The van der Waals surface area contributed by atoms with Crippen LogP contribution in [0, 0.1) is 30.6 Å². The van der Waals surface area contributed by atoms with Crippen molar-refractivity contribution in [3.8, 4) is 23.0 Å². The van der Waals surface area contributed by atoms with Gasteiger partial charge in [0.1, 0.15) is 30.0 Å². The Labute approximate surface area is 364 Å². The van der Waals surface area contributed by atoms with Crippen LogP contribution in [0.5, 0.6) is 23.0 Å². The zero-order valence-corrected chi connectivity index (χ0v) is 37.7. The van der Waals surface area contributed by atoms with Crippen molar-refractivity contribution in [1.29, 1.82) is 0 Å². The Morgan fingerprint density at radius 2 is 1.56 bits per heavy atom. The highest BCUT2D eigenvalue weighted by Crippen LogP contribution is 2.55. The summed E-state index contributed by atoms with van der Waals surface area (Å²) in [5, 5.41) is 64.4. The molecule has 2 aromatic rings. The molecule has 15 heteroatoms. The summed E-state index contributed by atoms with van der Waals surface area (Å²) in [6.45, 7) is 14.9. The molecule has 0 fully saturated rings. The monoisotopic (exact) mass is 866 g/mol. The lowest BCUT2D eigenvalue weighted by molar-refractivity contribution is -0.160. The van der Waals surface area contributed by atoms with Crippen molar-refractivity contribution in [3.05, 3.63) is 52.8 Å². The lowest BCUT2D eigenvalue weighted by Gasteiger charge is -2.38. The molecule has 0 saturated heterocycles. The van der Waals surface area contributed by atoms with Crippen LogP contribution in [0.2, 0.25) is 0 Å². The van der Waals surface area contributed by atoms with Crippen molar-refractivity contribution in [3.63, 3.8) is 0 Å². The van der Waals surface area contributed by atoms with E-state index in [1.165, 1.54) is 66.1 Å². The molecule has 5 bridgehead atoms. The summed E-state index contributed by atoms with van der Waals surface area (Å²) in [5.41, 5.74) is -0.538. The number of carbonyl (C=O) groups is 3. The van der Waals surface area contributed by atoms with Gasteiger partial charge in [0.2, 0.25) is 0 Å². The molecule has 3 aliphatic rings. The number of benzene rings is 2. The third-order valence-electron chi connectivity index (χ3n) is 12.1. The number of aliphatic hydroxyl groups excluding tert-OH is 2. The fourth-order valence-electron chi connectivity index (χ4n) is 8.14. The van der Waals surface area contributed by atoms with Gasteiger partial charge in [-0.1, -0.05) is 90.1 Å². The molecule has 2 aromatic carbocycles. The van der Waals surface area contributed by atoms with Gasteiger partial charge in [-0.05, 0) is 32.8 Å². The van der Waals surface area contributed by atoms with Crippen molar-refractivity contribution in [2.45, 2.75) is 137 Å².